The highest BCUT2D eigenvalue weighted by Gasteiger charge is 2.32. The van der Waals surface area contributed by atoms with Gasteiger partial charge in [0.1, 0.15) is 18.1 Å². The number of likely N-dealkylation sites (N-methyl/N-ethyl adjacent to an activating group) is 1. The quantitative estimate of drug-likeness (QED) is 0.179. The third-order valence-electron chi connectivity index (χ3n) is 5.21. The zero-order valence-corrected chi connectivity index (χ0v) is 25.9. The van der Waals surface area contributed by atoms with Crippen LogP contribution >= 0.6 is 80.1 Å². The van der Waals surface area contributed by atoms with Crippen molar-refractivity contribution in [2.24, 2.45) is 4.99 Å². The maximum absolute atomic E-state index is 13.1. The fraction of sp³-hybridized carbons (Fsp3) is 0.154. The second-order valence-electron chi connectivity index (χ2n) is 7.59. The summed E-state index contributed by atoms with van der Waals surface area (Å²) in [6.07, 6.45) is 1.90. The first kappa shape index (κ1) is 27.6. The number of aliphatic imine (C=N–C) groups is 1. The van der Waals surface area contributed by atoms with Crippen molar-refractivity contribution in [1.82, 2.24) is 4.90 Å². The van der Waals surface area contributed by atoms with E-state index in [2.05, 4.69) is 50.2 Å². The number of amidine groups is 1. The average molecular weight is 765 g/mol. The molecule has 36 heavy (non-hydrogen) atoms. The minimum Gasteiger partial charge on any atom is -0.497 e. The summed E-state index contributed by atoms with van der Waals surface area (Å²) in [7, 11) is 1.62. The van der Waals surface area contributed by atoms with Gasteiger partial charge in [-0.25, -0.2) is 4.99 Å². The molecule has 3 aromatic carbocycles. The number of nitrogens with zero attached hydrogens (tertiary/aromatic N) is 2. The van der Waals surface area contributed by atoms with Crippen LogP contribution in [0.15, 0.2) is 64.5 Å². The molecule has 0 radical (unpaired) electrons. The number of rotatable bonds is 7. The Morgan fingerprint density at radius 3 is 2.36 bits per heavy atom. The lowest BCUT2D eigenvalue weighted by atomic mass is 10.2. The monoisotopic (exact) mass is 764 g/mol. The van der Waals surface area contributed by atoms with Crippen LogP contribution in [0.25, 0.3) is 6.08 Å². The second-order valence-corrected chi connectivity index (χ2v) is 11.8. The number of hydrogen-bond donors (Lipinski definition) is 0. The highest BCUT2D eigenvalue weighted by molar-refractivity contribution is 14.1. The number of benzene rings is 3. The highest BCUT2D eigenvalue weighted by atomic mass is 127. The molecule has 1 aliphatic heterocycles. The normalized spacial score (nSPS) is 15.7. The fourth-order valence-corrected chi connectivity index (χ4v) is 7.03. The molecule has 0 atom stereocenters. The molecule has 4 rings (SSSR count). The van der Waals surface area contributed by atoms with E-state index < -0.39 is 0 Å². The van der Waals surface area contributed by atoms with E-state index in [4.69, 9.17) is 32.7 Å². The number of methoxy groups -OCH3 is 1. The van der Waals surface area contributed by atoms with E-state index >= 15 is 0 Å². The van der Waals surface area contributed by atoms with E-state index in [1.54, 1.807) is 24.1 Å². The molecule has 186 valence electrons. The van der Waals surface area contributed by atoms with Crippen molar-refractivity contribution < 1.29 is 14.3 Å². The van der Waals surface area contributed by atoms with E-state index in [-0.39, 0.29) is 5.91 Å². The highest BCUT2D eigenvalue weighted by Crippen LogP contribution is 2.36. The summed E-state index contributed by atoms with van der Waals surface area (Å²) in [4.78, 5) is 20.1. The first-order valence-corrected chi connectivity index (χ1v) is 14.5. The molecule has 0 spiro atoms. The van der Waals surface area contributed by atoms with Crippen LogP contribution in [0.3, 0.4) is 0 Å². The Morgan fingerprint density at radius 1 is 1.06 bits per heavy atom. The fourth-order valence-electron chi connectivity index (χ4n) is 3.38. The molecule has 3 aromatic rings. The maximum Gasteiger partial charge on any atom is 0.266 e. The molecular formula is C26H20Cl2I2N2O3S. The third kappa shape index (κ3) is 6.50. The molecular weight excluding hydrogens is 745 g/mol. The summed E-state index contributed by atoms with van der Waals surface area (Å²) < 4.78 is 13.2. The zero-order valence-electron chi connectivity index (χ0n) is 19.2. The average Bonchev–Trinajstić information content (AvgIpc) is 3.13. The predicted molar refractivity (Wildman–Crippen MR) is 166 cm³/mol. The minimum atomic E-state index is -0.0579. The van der Waals surface area contributed by atoms with E-state index in [0.717, 1.165) is 35.5 Å². The Kier molecular flexibility index (Phi) is 9.48. The largest absolute Gasteiger partial charge is 0.497 e. The van der Waals surface area contributed by atoms with Gasteiger partial charge < -0.3 is 9.47 Å². The molecule has 10 heteroatoms. The van der Waals surface area contributed by atoms with Gasteiger partial charge in [0.25, 0.3) is 5.91 Å². The van der Waals surface area contributed by atoms with Crippen LogP contribution in [0.2, 0.25) is 10.0 Å². The lowest BCUT2D eigenvalue weighted by molar-refractivity contribution is -0.122. The molecule has 0 bridgehead atoms. The van der Waals surface area contributed by atoms with Gasteiger partial charge in [-0.05, 0) is 124 Å². The molecule has 1 aliphatic rings. The molecule has 1 saturated heterocycles. The Morgan fingerprint density at radius 2 is 1.75 bits per heavy atom. The van der Waals surface area contributed by atoms with Gasteiger partial charge in [0, 0.05) is 22.2 Å². The van der Waals surface area contributed by atoms with Crippen molar-refractivity contribution in [3.8, 4) is 11.5 Å². The van der Waals surface area contributed by atoms with Crippen LogP contribution in [0.5, 0.6) is 11.5 Å². The number of carbonyl (C=O) groups is 1. The van der Waals surface area contributed by atoms with Gasteiger partial charge in [-0.15, -0.1) is 0 Å². The number of hydrogen-bond acceptors (Lipinski definition) is 5. The molecule has 0 aromatic heterocycles. The third-order valence-corrected chi connectivity index (χ3v) is 8.40. The molecule has 1 amide bonds. The number of halogens is 4. The van der Waals surface area contributed by atoms with Gasteiger partial charge in [0.05, 0.1) is 24.8 Å². The molecule has 5 nitrogen and oxygen atoms in total. The summed E-state index contributed by atoms with van der Waals surface area (Å²) in [5.41, 5.74) is 2.53. The van der Waals surface area contributed by atoms with Gasteiger partial charge in [-0.1, -0.05) is 29.3 Å². The van der Waals surface area contributed by atoms with Crippen molar-refractivity contribution in [1.29, 1.82) is 0 Å². The van der Waals surface area contributed by atoms with Gasteiger partial charge in [0.2, 0.25) is 0 Å². The predicted octanol–water partition coefficient (Wildman–Crippen LogP) is 8.41. The number of carbonyl (C=O) groups excluding carboxylic acids is 1. The van der Waals surface area contributed by atoms with Gasteiger partial charge in [-0.2, -0.15) is 0 Å². The molecule has 1 fully saturated rings. The van der Waals surface area contributed by atoms with Crippen molar-refractivity contribution in [2.75, 3.05) is 13.7 Å². The van der Waals surface area contributed by atoms with Gasteiger partial charge in [-0.3, -0.25) is 9.69 Å². The van der Waals surface area contributed by atoms with E-state index in [1.165, 1.54) is 11.8 Å². The topological polar surface area (TPSA) is 51.1 Å². The van der Waals surface area contributed by atoms with E-state index in [1.807, 2.05) is 55.5 Å². The van der Waals surface area contributed by atoms with Crippen LogP contribution in [0.1, 0.15) is 18.1 Å². The molecule has 0 N–H and O–H groups in total. The standard InChI is InChI=1S/C26H20Cl2I2N2O3S/c1-3-32-25(33)23(36-26(32)31-18-6-8-19(34-2)9-7-18)12-15-10-21(29)24(22(30)11-15)35-14-16-4-5-17(27)13-20(16)28/h4-13H,3,14H2,1-2H3/b23-12+,31-26?. The van der Waals surface area contributed by atoms with Crippen molar-refractivity contribution in [3.05, 3.63) is 87.8 Å². The van der Waals surface area contributed by atoms with Crippen LogP contribution in [0.4, 0.5) is 5.69 Å². The Hall–Kier alpha value is -1.47. The molecule has 1 heterocycles. The van der Waals surface area contributed by atoms with Crippen LogP contribution < -0.4 is 9.47 Å². The molecule has 0 saturated carbocycles. The van der Waals surface area contributed by atoms with E-state index in [0.29, 0.717) is 33.3 Å². The number of amides is 1. The second kappa shape index (κ2) is 12.4. The lowest BCUT2D eigenvalue weighted by Gasteiger charge is -2.13. The van der Waals surface area contributed by atoms with Crippen LogP contribution in [-0.4, -0.2) is 29.6 Å². The summed E-state index contributed by atoms with van der Waals surface area (Å²) in [5, 5.41) is 1.81. The lowest BCUT2D eigenvalue weighted by Crippen LogP contribution is -2.28. The summed E-state index contributed by atoms with van der Waals surface area (Å²) in [6, 6.07) is 16.8. The number of thioether (sulfide) groups is 1. The zero-order chi connectivity index (χ0) is 25.8. The first-order chi connectivity index (χ1) is 17.3. The Balaban J connectivity index is 1.55. The SMILES string of the molecule is CCN1C(=O)/C(=C\c2cc(I)c(OCc3ccc(Cl)cc3Cl)c(I)c2)SC1=Nc1ccc(OC)cc1. The van der Waals surface area contributed by atoms with Crippen molar-refractivity contribution >= 4 is 103 Å². The smallest absolute Gasteiger partial charge is 0.266 e. The van der Waals surface area contributed by atoms with Crippen molar-refractivity contribution in [3.63, 3.8) is 0 Å². The van der Waals surface area contributed by atoms with Crippen LogP contribution in [0, 0.1) is 7.14 Å². The molecule has 0 aliphatic carbocycles. The van der Waals surface area contributed by atoms with Gasteiger partial charge >= 0.3 is 0 Å². The number of ether oxygens (including phenoxy) is 2. The minimum absolute atomic E-state index is 0.0579. The summed E-state index contributed by atoms with van der Waals surface area (Å²) in [6.45, 7) is 2.80. The van der Waals surface area contributed by atoms with Crippen LogP contribution in [-0.2, 0) is 11.4 Å². The van der Waals surface area contributed by atoms with Gasteiger partial charge in [0.15, 0.2) is 5.17 Å². The Bertz CT molecular complexity index is 1340. The molecule has 0 unspecified atom stereocenters. The van der Waals surface area contributed by atoms with E-state index in [9.17, 15) is 4.79 Å². The first-order valence-electron chi connectivity index (χ1n) is 10.8. The maximum atomic E-state index is 13.1. The Labute approximate surface area is 251 Å². The summed E-state index contributed by atoms with van der Waals surface area (Å²) in [5.74, 6) is 1.47. The van der Waals surface area contributed by atoms with Crippen molar-refractivity contribution in [2.45, 2.75) is 13.5 Å². The summed E-state index contributed by atoms with van der Waals surface area (Å²) >= 11 is 18.1.